The predicted octanol–water partition coefficient (Wildman–Crippen LogP) is 7.25. The van der Waals surface area contributed by atoms with E-state index >= 15 is 0 Å². The van der Waals surface area contributed by atoms with Crippen LogP contribution in [0.25, 0.3) is 0 Å². The lowest BCUT2D eigenvalue weighted by Crippen LogP contribution is -2.54. The Morgan fingerprint density at radius 1 is 0.556 bits per heavy atom. The number of rotatable bonds is 13. The normalized spacial score (nSPS) is 21.0. The molecule has 6 atom stereocenters. The Morgan fingerprint density at radius 2 is 0.937 bits per heavy atom. The van der Waals surface area contributed by atoms with E-state index in [0.717, 1.165) is 29.7 Å². The van der Waals surface area contributed by atoms with Crippen LogP contribution in [0.2, 0.25) is 0 Å². The summed E-state index contributed by atoms with van der Waals surface area (Å²) in [7, 11) is 0. The highest BCUT2D eigenvalue weighted by molar-refractivity contribution is 6.00. The number of nitrogens with zero attached hydrogens (tertiary/aromatic N) is 3. The van der Waals surface area contributed by atoms with Crippen LogP contribution in [-0.2, 0) is 34.2 Å². The second kappa shape index (κ2) is 19.8. The van der Waals surface area contributed by atoms with Crippen molar-refractivity contribution in [3.05, 3.63) is 89.5 Å². The van der Waals surface area contributed by atoms with Crippen molar-refractivity contribution < 1.29 is 28.8 Å². The largest absolute Gasteiger partial charge is 0.357 e. The molecule has 0 spiro atoms. The van der Waals surface area contributed by atoms with E-state index in [-0.39, 0.29) is 64.8 Å². The molecule has 0 bridgehead atoms. The first kappa shape index (κ1) is 46.8. The summed E-state index contributed by atoms with van der Waals surface area (Å²) in [4.78, 5) is 83.7. The SMILES string of the molecule is CC(=O)N[C@H](C(=O)N1CCC[C@H]1C(=O)Nc1ccc([C@@H]2CC[C@@H](c3ccc(NC(=O)[C@@H]4CCCN4C(=O)[C@@H](NC(C)=O)C(C)C)cc3)N2c2ccc(C(C)(C)C)cc2)cc1)C(C)C. The van der Waals surface area contributed by atoms with Crippen molar-refractivity contribution in [3.63, 3.8) is 0 Å². The van der Waals surface area contributed by atoms with Crippen molar-refractivity contribution in [2.45, 2.75) is 143 Å². The number of nitrogens with one attached hydrogen (secondary N) is 4. The maximum atomic E-state index is 13.6. The van der Waals surface area contributed by atoms with Crippen LogP contribution >= 0.6 is 0 Å². The average molecular weight is 862 g/mol. The van der Waals surface area contributed by atoms with Crippen LogP contribution < -0.4 is 26.2 Å². The fourth-order valence-corrected chi connectivity index (χ4v) is 9.42. The molecule has 13 heteroatoms. The van der Waals surface area contributed by atoms with Crippen LogP contribution in [-0.4, -0.2) is 82.5 Å². The molecule has 0 saturated carbocycles. The van der Waals surface area contributed by atoms with Gasteiger partial charge in [0.05, 0.1) is 12.1 Å². The molecule has 4 N–H and O–H groups in total. The molecule has 338 valence electrons. The van der Waals surface area contributed by atoms with E-state index in [1.54, 1.807) is 9.80 Å². The van der Waals surface area contributed by atoms with Crippen molar-refractivity contribution in [3.8, 4) is 0 Å². The lowest BCUT2D eigenvalue weighted by Gasteiger charge is -2.34. The molecule has 0 unspecified atom stereocenters. The highest BCUT2D eigenvalue weighted by Gasteiger charge is 2.41. The number of likely N-dealkylation sites (tertiary alicyclic amines) is 2. The first-order chi connectivity index (χ1) is 29.8. The highest BCUT2D eigenvalue weighted by atomic mass is 16.2. The Hall–Kier alpha value is -5.72. The number of anilines is 3. The molecule has 3 heterocycles. The zero-order valence-electron chi connectivity index (χ0n) is 38.5. The zero-order chi connectivity index (χ0) is 45.7. The van der Waals surface area contributed by atoms with Gasteiger partial charge in [0.15, 0.2) is 0 Å². The van der Waals surface area contributed by atoms with Gasteiger partial charge in [-0.25, -0.2) is 0 Å². The number of carbonyl (C=O) groups is 6. The topological polar surface area (TPSA) is 160 Å². The minimum Gasteiger partial charge on any atom is -0.357 e. The molecule has 3 aromatic carbocycles. The fourth-order valence-electron chi connectivity index (χ4n) is 9.42. The van der Waals surface area contributed by atoms with Gasteiger partial charge in [0.25, 0.3) is 0 Å². The van der Waals surface area contributed by atoms with Gasteiger partial charge in [0.1, 0.15) is 24.2 Å². The highest BCUT2D eigenvalue weighted by Crippen LogP contribution is 2.47. The molecule has 63 heavy (non-hydrogen) atoms. The number of hydrogen-bond donors (Lipinski definition) is 4. The van der Waals surface area contributed by atoms with Crippen molar-refractivity contribution in [2.75, 3.05) is 28.6 Å². The summed E-state index contributed by atoms with van der Waals surface area (Å²) in [5, 5.41) is 11.6. The minimum absolute atomic E-state index is 0.00233. The summed E-state index contributed by atoms with van der Waals surface area (Å²) in [6.45, 7) is 17.9. The second-order valence-corrected chi connectivity index (χ2v) is 19.3. The fraction of sp³-hybridized carbons (Fsp3) is 0.520. The van der Waals surface area contributed by atoms with Crippen molar-refractivity contribution in [1.29, 1.82) is 0 Å². The van der Waals surface area contributed by atoms with Crippen LogP contribution in [0.3, 0.4) is 0 Å². The molecule has 6 rings (SSSR count). The minimum atomic E-state index is -0.690. The van der Waals surface area contributed by atoms with Gasteiger partial charge >= 0.3 is 0 Å². The van der Waals surface area contributed by atoms with E-state index in [1.165, 1.54) is 19.4 Å². The van der Waals surface area contributed by atoms with Crippen molar-refractivity contribution in [2.24, 2.45) is 11.8 Å². The molecule has 3 fully saturated rings. The van der Waals surface area contributed by atoms with Gasteiger partial charge in [0, 0.05) is 44.0 Å². The van der Waals surface area contributed by atoms with Crippen LogP contribution in [0.1, 0.15) is 130 Å². The Bertz CT molecular complexity index is 2010. The summed E-state index contributed by atoms with van der Waals surface area (Å²) in [5.74, 6) is -1.74. The van der Waals surface area contributed by atoms with Crippen LogP contribution in [0.4, 0.5) is 17.1 Å². The molecule has 6 amide bonds. The standard InChI is InChI=1S/C50H67N7O6/c1-30(2)44(51-32(5)58)48(62)55-28-10-12-42(55)46(60)53-37-20-14-34(15-21-37)40-26-27-41(57(40)39-24-18-36(19-25-39)50(7,8)9)35-16-22-38(23-17-35)54-47(61)43-13-11-29-56(43)49(63)45(31(3)4)52-33(6)59/h14-25,30-31,40-45H,10-13,26-29H2,1-9H3,(H,51,58)(H,52,59)(H,53,60)(H,54,61)/t40-,41-,42-,43-,44-,45-/m0/s1. The summed E-state index contributed by atoms with van der Waals surface area (Å²) in [6, 6.07) is 22.2. The smallest absolute Gasteiger partial charge is 0.247 e. The number of hydrogen-bond acceptors (Lipinski definition) is 7. The molecule has 3 aliphatic rings. The molecule has 13 nitrogen and oxygen atoms in total. The molecule has 0 radical (unpaired) electrons. The van der Waals surface area contributed by atoms with Gasteiger partial charge in [0.2, 0.25) is 35.4 Å². The third-order valence-corrected chi connectivity index (χ3v) is 12.8. The number of carbonyl (C=O) groups excluding carboxylic acids is 6. The van der Waals surface area contributed by atoms with E-state index < -0.39 is 24.2 Å². The lowest BCUT2D eigenvalue weighted by molar-refractivity contribution is -0.141. The first-order valence-electron chi connectivity index (χ1n) is 22.7. The molecule has 0 aliphatic carbocycles. The Balaban J connectivity index is 1.18. The van der Waals surface area contributed by atoms with Crippen LogP contribution in [0.15, 0.2) is 72.8 Å². The summed E-state index contributed by atoms with van der Waals surface area (Å²) in [5.41, 5.74) is 5.86. The van der Waals surface area contributed by atoms with Gasteiger partial charge in [-0.15, -0.1) is 0 Å². The second-order valence-electron chi connectivity index (χ2n) is 19.3. The zero-order valence-corrected chi connectivity index (χ0v) is 38.5. The van der Waals surface area contributed by atoms with Gasteiger partial charge in [-0.3, -0.25) is 28.8 Å². The Labute approximate surface area is 373 Å². The molecule has 3 saturated heterocycles. The Kier molecular flexibility index (Phi) is 14.7. The summed E-state index contributed by atoms with van der Waals surface area (Å²) in [6.07, 6.45) is 4.32. The molecule has 3 aromatic rings. The quantitative estimate of drug-likeness (QED) is 0.141. The molecular weight excluding hydrogens is 795 g/mol. The third kappa shape index (κ3) is 10.9. The lowest BCUT2D eigenvalue weighted by atomic mass is 9.87. The van der Waals surface area contributed by atoms with Crippen LogP contribution in [0, 0.1) is 11.8 Å². The van der Waals surface area contributed by atoms with E-state index in [4.69, 9.17) is 0 Å². The van der Waals surface area contributed by atoms with Gasteiger partial charge in [-0.2, -0.15) is 0 Å². The van der Waals surface area contributed by atoms with E-state index in [0.29, 0.717) is 50.1 Å². The first-order valence-corrected chi connectivity index (χ1v) is 22.7. The van der Waals surface area contributed by atoms with Crippen molar-refractivity contribution >= 4 is 52.5 Å². The van der Waals surface area contributed by atoms with Gasteiger partial charge in [-0.1, -0.05) is 84.9 Å². The summed E-state index contributed by atoms with van der Waals surface area (Å²) < 4.78 is 0. The van der Waals surface area contributed by atoms with Crippen LogP contribution in [0.5, 0.6) is 0 Å². The molecule has 3 aliphatic heterocycles. The molecule has 0 aromatic heterocycles. The average Bonchev–Trinajstić information content (AvgIpc) is 4.02. The maximum Gasteiger partial charge on any atom is 0.247 e. The molecular formula is C50H67N7O6. The predicted molar refractivity (Wildman–Crippen MR) is 247 cm³/mol. The van der Waals surface area contributed by atoms with E-state index in [2.05, 4.69) is 95.5 Å². The maximum absolute atomic E-state index is 13.6. The monoisotopic (exact) mass is 862 g/mol. The number of benzene rings is 3. The Morgan fingerprint density at radius 3 is 1.27 bits per heavy atom. The van der Waals surface area contributed by atoms with Crippen molar-refractivity contribution in [1.82, 2.24) is 20.4 Å². The third-order valence-electron chi connectivity index (χ3n) is 12.8. The number of amides is 6. The van der Waals surface area contributed by atoms with Gasteiger partial charge in [-0.05, 0) is 109 Å². The summed E-state index contributed by atoms with van der Waals surface area (Å²) >= 11 is 0. The van der Waals surface area contributed by atoms with Gasteiger partial charge < -0.3 is 36.0 Å². The van der Waals surface area contributed by atoms with E-state index in [9.17, 15) is 28.8 Å². The van der Waals surface area contributed by atoms with E-state index in [1.807, 2.05) is 52.0 Å².